The molecule has 1 aliphatic heterocycles. The molecule has 0 unspecified atom stereocenters. The van der Waals surface area contributed by atoms with E-state index >= 15 is 0 Å². The molecule has 0 saturated carbocycles. The zero-order valence-corrected chi connectivity index (χ0v) is 11.5. The van der Waals surface area contributed by atoms with Gasteiger partial charge in [-0.05, 0) is 12.8 Å². The van der Waals surface area contributed by atoms with E-state index in [1.807, 2.05) is 4.90 Å². The van der Waals surface area contributed by atoms with Gasteiger partial charge in [0.15, 0.2) is 5.13 Å². The van der Waals surface area contributed by atoms with E-state index in [9.17, 15) is 10.1 Å². The summed E-state index contributed by atoms with van der Waals surface area (Å²) in [5.41, 5.74) is 6.90. The molecule has 2 aromatic rings. The molecule has 19 heavy (non-hydrogen) atoms. The van der Waals surface area contributed by atoms with E-state index in [2.05, 4.69) is 4.98 Å². The Morgan fingerprint density at radius 2 is 2.16 bits per heavy atom. The van der Waals surface area contributed by atoms with Gasteiger partial charge in [0.2, 0.25) is 0 Å². The van der Waals surface area contributed by atoms with Crippen molar-refractivity contribution in [2.45, 2.75) is 12.8 Å². The first-order chi connectivity index (χ1) is 9.08. The molecule has 3 rings (SSSR count). The van der Waals surface area contributed by atoms with Gasteiger partial charge in [0.1, 0.15) is 11.2 Å². The van der Waals surface area contributed by atoms with Crippen LogP contribution in [0.4, 0.5) is 16.5 Å². The molecule has 2 N–H and O–H groups in total. The first kappa shape index (κ1) is 12.4. The van der Waals surface area contributed by atoms with Crippen LogP contribution in [0.1, 0.15) is 12.8 Å². The lowest BCUT2D eigenvalue weighted by atomic mass is 10.2. The van der Waals surface area contributed by atoms with E-state index in [4.69, 9.17) is 17.3 Å². The van der Waals surface area contributed by atoms with Gasteiger partial charge in [0.05, 0.1) is 14.6 Å². The molecule has 0 aliphatic carbocycles. The smallest absolute Gasteiger partial charge is 0.295 e. The van der Waals surface area contributed by atoms with E-state index in [-0.39, 0.29) is 10.7 Å². The quantitative estimate of drug-likeness (QED) is 0.680. The van der Waals surface area contributed by atoms with Crippen molar-refractivity contribution in [2.75, 3.05) is 23.7 Å². The van der Waals surface area contributed by atoms with Gasteiger partial charge in [-0.1, -0.05) is 22.9 Å². The summed E-state index contributed by atoms with van der Waals surface area (Å²) >= 11 is 7.31. The third-order valence-electron chi connectivity index (χ3n) is 3.21. The van der Waals surface area contributed by atoms with Crippen molar-refractivity contribution in [1.29, 1.82) is 0 Å². The SMILES string of the molecule is Nc1nc2c(Cl)cc([N+](=O)[O-])c(N3CCCC3)c2s1. The molecule has 0 atom stereocenters. The van der Waals surface area contributed by atoms with Crippen LogP contribution in [0.25, 0.3) is 10.2 Å². The van der Waals surface area contributed by atoms with Crippen LogP contribution in [0.15, 0.2) is 6.07 Å². The number of hydrogen-bond donors (Lipinski definition) is 1. The minimum absolute atomic E-state index is 0.0306. The summed E-state index contributed by atoms with van der Waals surface area (Å²) in [6.07, 6.45) is 2.07. The molecule has 2 heterocycles. The zero-order valence-electron chi connectivity index (χ0n) is 9.93. The van der Waals surface area contributed by atoms with Gasteiger partial charge in [0.25, 0.3) is 5.69 Å². The number of fused-ring (bicyclic) bond motifs is 1. The number of rotatable bonds is 2. The number of anilines is 2. The first-order valence-electron chi connectivity index (χ1n) is 5.86. The average Bonchev–Trinajstić information content (AvgIpc) is 2.97. The van der Waals surface area contributed by atoms with Crippen molar-refractivity contribution in [2.24, 2.45) is 0 Å². The number of nitro groups is 1. The summed E-state index contributed by atoms with van der Waals surface area (Å²) in [6, 6.07) is 1.37. The molecule has 0 radical (unpaired) electrons. The maximum atomic E-state index is 11.3. The van der Waals surface area contributed by atoms with Gasteiger partial charge >= 0.3 is 0 Å². The van der Waals surface area contributed by atoms with E-state index in [0.717, 1.165) is 25.9 Å². The fourth-order valence-electron chi connectivity index (χ4n) is 2.42. The Morgan fingerprint density at radius 3 is 2.79 bits per heavy atom. The Hall–Kier alpha value is -1.60. The van der Waals surface area contributed by atoms with Gasteiger partial charge in [-0.25, -0.2) is 4.98 Å². The molecule has 1 aliphatic rings. The number of nitrogen functional groups attached to an aromatic ring is 1. The number of aromatic nitrogens is 1. The number of nitrogens with zero attached hydrogens (tertiary/aromatic N) is 3. The molecule has 1 fully saturated rings. The maximum absolute atomic E-state index is 11.3. The number of thiazole rings is 1. The number of nitro benzene ring substituents is 1. The molecule has 1 saturated heterocycles. The second kappa shape index (κ2) is 4.50. The normalized spacial score (nSPS) is 15.3. The van der Waals surface area contributed by atoms with Crippen LogP contribution in [-0.4, -0.2) is 23.0 Å². The molecule has 1 aromatic carbocycles. The predicted molar refractivity (Wildman–Crippen MR) is 77.1 cm³/mol. The zero-order chi connectivity index (χ0) is 13.6. The van der Waals surface area contributed by atoms with Crippen LogP contribution >= 0.6 is 22.9 Å². The summed E-state index contributed by atoms with van der Waals surface area (Å²) in [4.78, 5) is 17.0. The van der Waals surface area contributed by atoms with Crippen molar-refractivity contribution in [3.8, 4) is 0 Å². The highest BCUT2D eigenvalue weighted by molar-refractivity contribution is 7.22. The number of hydrogen-bond acceptors (Lipinski definition) is 6. The Labute approximate surface area is 117 Å². The van der Waals surface area contributed by atoms with Crippen molar-refractivity contribution in [3.63, 3.8) is 0 Å². The molecule has 6 nitrogen and oxygen atoms in total. The van der Waals surface area contributed by atoms with Crippen LogP contribution < -0.4 is 10.6 Å². The number of benzene rings is 1. The fraction of sp³-hybridized carbons (Fsp3) is 0.364. The lowest BCUT2D eigenvalue weighted by Crippen LogP contribution is -2.19. The lowest BCUT2D eigenvalue weighted by Gasteiger charge is -2.18. The van der Waals surface area contributed by atoms with Crippen molar-refractivity contribution in [1.82, 2.24) is 4.98 Å². The topological polar surface area (TPSA) is 85.3 Å². The van der Waals surface area contributed by atoms with Crippen molar-refractivity contribution >= 4 is 49.7 Å². The molecular weight excluding hydrogens is 288 g/mol. The highest BCUT2D eigenvalue weighted by atomic mass is 35.5. The van der Waals surface area contributed by atoms with Crippen LogP contribution in [0.5, 0.6) is 0 Å². The summed E-state index contributed by atoms with van der Waals surface area (Å²) in [7, 11) is 0. The predicted octanol–water partition coefficient (Wildman–Crippen LogP) is 3.04. The Balaban J connectivity index is 2.33. The summed E-state index contributed by atoms with van der Waals surface area (Å²) in [5.74, 6) is 0. The second-order valence-corrected chi connectivity index (χ2v) is 5.85. The summed E-state index contributed by atoms with van der Waals surface area (Å²) < 4.78 is 0.707. The third-order valence-corrected chi connectivity index (χ3v) is 4.39. The van der Waals surface area contributed by atoms with Crippen LogP contribution in [0, 0.1) is 10.1 Å². The summed E-state index contributed by atoms with van der Waals surface area (Å²) in [6.45, 7) is 1.63. The second-order valence-electron chi connectivity index (χ2n) is 4.41. The lowest BCUT2D eigenvalue weighted by molar-refractivity contribution is -0.384. The van der Waals surface area contributed by atoms with Gasteiger partial charge in [-0.3, -0.25) is 10.1 Å². The van der Waals surface area contributed by atoms with Gasteiger partial charge in [-0.15, -0.1) is 0 Å². The monoisotopic (exact) mass is 298 g/mol. The fourth-order valence-corrected chi connectivity index (χ4v) is 3.64. The first-order valence-corrected chi connectivity index (χ1v) is 7.05. The van der Waals surface area contributed by atoms with Crippen LogP contribution in [0.3, 0.4) is 0 Å². The standard InChI is InChI=1S/C11H11ClN4O2S/c12-6-5-7(16(17)18)9(15-3-1-2-4-15)10-8(6)14-11(13)19-10/h5H,1-4H2,(H2,13,14). The van der Waals surface area contributed by atoms with E-state index in [1.165, 1.54) is 17.4 Å². The highest BCUT2D eigenvalue weighted by Gasteiger charge is 2.28. The van der Waals surface area contributed by atoms with Crippen LogP contribution in [-0.2, 0) is 0 Å². The van der Waals surface area contributed by atoms with E-state index < -0.39 is 4.92 Å². The summed E-state index contributed by atoms with van der Waals surface area (Å²) in [5, 5.41) is 11.9. The molecular formula is C11H11ClN4O2S. The van der Waals surface area contributed by atoms with Gasteiger partial charge < -0.3 is 10.6 Å². The number of nitrogens with two attached hydrogens (primary N) is 1. The van der Waals surface area contributed by atoms with Gasteiger partial charge in [0, 0.05) is 19.2 Å². The molecule has 100 valence electrons. The van der Waals surface area contributed by atoms with Crippen molar-refractivity contribution in [3.05, 3.63) is 21.2 Å². The molecule has 8 heteroatoms. The average molecular weight is 299 g/mol. The maximum Gasteiger partial charge on any atom is 0.295 e. The van der Waals surface area contributed by atoms with E-state index in [1.54, 1.807) is 0 Å². The van der Waals surface area contributed by atoms with Crippen LogP contribution in [0.2, 0.25) is 5.02 Å². The molecule has 1 aromatic heterocycles. The Bertz CT molecular complexity index is 666. The minimum Gasteiger partial charge on any atom is -0.375 e. The van der Waals surface area contributed by atoms with Crippen molar-refractivity contribution < 1.29 is 4.92 Å². The molecule has 0 bridgehead atoms. The molecule has 0 spiro atoms. The largest absolute Gasteiger partial charge is 0.375 e. The minimum atomic E-state index is -0.394. The number of halogens is 1. The van der Waals surface area contributed by atoms with E-state index in [0.29, 0.717) is 21.0 Å². The Kier molecular flexibility index (Phi) is 2.94. The highest BCUT2D eigenvalue weighted by Crippen LogP contribution is 2.44. The third kappa shape index (κ3) is 1.98. The Morgan fingerprint density at radius 1 is 1.47 bits per heavy atom. The molecule has 0 amide bonds. The van der Waals surface area contributed by atoms with Gasteiger partial charge in [-0.2, -0.15) is 0 Å².